The van der Waals surface area contributed by atoms with Crippen LogP contribution in [0.1, 0.15) is 43.7 Å². The zero-order valence-electron chi connectivity index (χ0n) is 14.2. The summed E-state index contributed by atoms with van der Waals surface area (Å²) in [6.45, 7) is 4.08. The molecule has 0 saturated heterocycles. The molecule has 2 atom stereocenters. The lowest BCUT2D eigenvalue weighted by Gasteiger charge is -2.18. The van der Waals surface area contributed by atoms with Gasteiger partial charge in [-0.15, -0.1) is 0 Å². The highest BCUT2D eigenvalue weighted by Crippen LogP contribution is 2.44. The fraction of sp³-hybridized carbons (Fsp3) is 0.381. The molecular formula is C21H24O3. The Morgan fingerprint density at radius 1 is 1.08 bits per heavy atom. The van der Waals surface area contributed by atoms with Gasteiger partial charge in [0.05, 0.1) is 12.0 Å². The highest BCUT2D eigenvalue weighted by atomic mass is 16.5. The molecule has 0 unspecified atom stereocenters. The molecule has 0 bridgehead atoms. The normalized spacial score (nSPS) is 15.5. The highest BCUT2D eigenvalue weighted by Gasteiger charge is 2.29. The fourth-order valence-electron chi connectivity index (χ4n) is 3.42. The SMILES string of the molecule is CC[C@H](O)C[C@H](C)C(=O)OCC1c2ccccc2-c2ccccc21. The summed E-state index contributed by atoms with van der Waals surface area (Å²) < 4.78 is 5.60. The van der Waals surface area contributed by atoms with Crippen LogP contribution in [0.2, 0.25) is 0 Å². The average molecular weight is 324 g/mol. The Balaban J connectivity index is 1.73. The van der Waals surface area contributed by atoms with Crippen molar-refractivity contribution in [3.8, 4) is 11.1 Å². The number of aliphatic hydroxyl groups is 1. The number of hydrogen-bond acceptors (Lipinski definition) is 3. The number of ether oxygens (including phenoxy) is 1. The van der Waals surface area contributed by atoms with E-state index in [2.05, 4.69) is 24.3 Å². The van der Waals surface area contributed by atoms with Gasteiger partial charge in [0.25, 0.3) is 0 Å². The van der Waals surface area contributed by atoms with E-state index >= 15 is 0 Å². The van der Waals surface area contributed by atoms with Gasteiger partial charge in [0.2, 0.25) is 0 Å². The Labute approximate surface area is 143 Å². The molecule has 3 heteroatoms. The molecule has 24 heavy (non-hydrogen) atoms. The van der Waals surface area contributed by atoms with Gasteiger partial charge in [-0.3, -0.25) is 4.79 Å². The van der Waals surface area contributed by atoms with Crippen molar-refractivity contribution in [1.82, 2.24) is 0 Å². The summed E-state index contributed by atoms with van der Waals surface area (Å²) in [6.07, 6.45) is 0.661. The summed E-state index contributed by atoms with van der Waals surface area (Å²) >= 11 is 0. The first-order chi connectivity index (χ1) is 11.6. The van der Waals surface area contributed by atoms with Crippen LogP contribution in [0, 0.1) is 5.92 Å². The van der Waals surface area contributed by atoms with Crippen LogP contribution < -0.4 is 0 Å². The van der Waals surface area contributed by atoms with Crippen LogP contribution in [0.4, 0.5) is 0 Å². The zero-order chi connectivity index (χ0) is 17.1. The second-order valence-electron chi connectivity index (χ2n) is 6.56. The predicted molar refractivity (Wildman–Crippen MR) is 94.8 cm³/mol. The fourth-order valence-corrected chi connectivity index (χ4v) is 3.42. The number of hydrogen-bond donors (Lipinski definition) is 1. The lowest BCUT2D eigenvalue weighted by Crippen LogP contribution is -2.22. The first-order valence-corrected chi connectivity index (χ1v) is 8.64. The number of carbonyl (C=O) groups is 1. The van der Waals surface area contributed by atoms with Crippen molar-refractivity contribution >= 4 is 5.97 Å². The molecule has 1 aliphatic carbocycles. The summed E-state index contributed by atoms with van der Waals surface area (Å²) in [4.78, 5) is 12.2. The number of esters is 1. The van der Waals surface area contributed by atoms with E-state index in [0.717, 1.165) is 0 Å². The largest absolute Gasteiger partial charge is 0.464 e. The van der Waals surface area contributed by atoms with E-state index in [4.69, 9.17) is 4.74 Å². The molecule has 0 spiro atoms. The van der Waals surface area contributed by atoms with Gasteiger partial charge in [-0.25, -0.2) is 0 Å². The Hall–Kier alpha value is -2.13. The minimum atomic E-state index is -0.444. The van der Waals surface area contributed by atoms with E-state index in [1.54, 1.807) is 0 Å². The van der Waals surface area contributed by atoms with Crippen LogP contribution >= 0.6 is 0 Å². The topological polar surface area (TPSA) is 46.5 Å². The van der Waals surface area contributed by atoms with Crippen LogP contribution in [0.3, 0.4) is 0 Å². The van der Waals surface area contributed by atoms with E-state index < -0.39 is 6.10 Å². The minimum absolute atomic E-state index is 0.0876. The lowest BCUT2D eigenvalue weighted by molar-refractivity contribution is -0.149. The third-order valence-electron chi connectivity index (χ3n) is 4.85. The summed E-state index contributed by atoms with van der Waals surface area (Å²) in [5, 5.41) is 9.71. The maximum absolute atomic E-state index is 12.2. The summed E-state index contributed by atoms with van der Waals surface area (Å²) in [5.74, 6) is -0.430. The zero-order valence-corrected chi connectivity index (χ0v) is 14.2. The second kappa shape index (κ2) is 7.18. The Kier molecular flexibility index (Phi) is 5.00. The van der Waals surface area contributed by atoms with Gasteiger partial charge < -0.3 is 9.84 Å². The van der Waals surface area contributed by atoms with Crippen molar-refractivity contribution in [2.24, 2.45) is 5.92 Å². The molecule has 1 aliphatic rings. The number of fused-ring (bicyclic) bond motifs is 3. The molecule has 2 aromatic carbocycles. The van der Waals surface area contributed by atoms with E-state index in [0.29, 0.717) is 19.4 Å². The summed E-state index contributed by atoms with van der Waals surface area (Å²) in [7, 11) is 0. The monoisotopic (exact) mass is 324 g/mol. The van der Waals surface area contributed by atoms with Crippen LogP contribution in [-0.2, 0) is 9.53 Å². The Morgan fingerprint density at radius 3 is 2.17 bits per heavy atom. The average Bonchev–Trinajstić information content (AvgIpc) is 2.93. The lowest BCUT2D eigenvalue weighted by atomic mass is 9.98. The van der Waals surface area contributed by atoms with Crippen LogP contribution in [0.25, 0.3) is 11.1 Å². The van der Waals surface area contributed by atoms with E-state index in [1.165, 1.54) is 22.3 Å². The molecule has 3 rings (SSSR count). The van der Waals surface area contributed by atoms with Crippen LogP contribution in [-0.4, -0.2) is 23.8 Å². The van der Waals surface area contributed by atoms with Gasteiger partial charge in [-0.05, 0) is 35.1 Å². The first kappa shape index (κ1) is 16.7. The molecule has 0 fully saturated rings. The van der Waals surface area contributed by atoms with Crippen LogP contribution in [0.15, 0.2) is 48.5 Å². The molecule has 3 nitrogen and oxygen atoms in total. The Bertz CT molecular complexity index is 677. The number of aliphatic hydroxyl groups excluding tert-OH is 1. The van der Waals surface area contributed by atoms with E-state index in [1.807, 2.05) is 38.1 Å². The molecule has 0 amide bonds. The molecule has 0 saturated carbocycles. The van der Waals surface area contributed by atoms with Gasteiger partial charge in [-0.2, -0.15) is 0 Å². The van der Waals surface area contributed by atoms with Crippen molar-refractivity contribution in [3.63, 3.8) is 0 Å². The van der Waals surface area contributed by atoms with Gasteiger partial charge >= 0.3 is 5.97 Å². The molecule has 0 aliphatic heterocycles. The quantitative estimate of drug-likeness (QED) is 0.812. The summed E-state index contributed by atoms with van der Waals surface area (Å²) in [6, 6.07) is 16.6. The molecule has 0 aromatic heterocycles. The Morgan fingerprint density at radius 2 is 1.62 bits per heavy atom. The minimum Gasteiger partial charge on any atom is -0.464 e. The van der Waals surface area contributed by atoms with Gasteiger partial charge in [0.1, 0.15) is 6.61 Å². The third-order valence-corrected chi connectivity index (χ3v) is 4.85. The maximum Gasteiger partial charge on any atom is 0.308 e. The molecule has 0 heterocycles. The van der Waals surface area contributed by atoms with Gasteiger partial charge in [0.15, 0.2) is 0 Å². The standard InChI is InChI=1S/C21H24O3/c1-3-15(22)12-14(2)21(23)24-13-20-18-10-6-4-8-16(18)17-9-5-7-11-19(17)20/h4-11,14-15,20,22H,3,12-13H2,1-2H3/t14-,15-/m0/s1. The van der Waals surface area contributed by atoms with E-state index in [9.17, 15) is 9.90 Å². The van der Waals surface area contributed by atoms with Gasteiger partial charge in [-0.1, -0.05) is 62.4 Å². The molecular weight excluding hydrogens is 300 g/mol. The first-order valence-electron chi connectivity index (χ1n) is 8.64. The second-order valence-corrected chi connectivity index (χ2v) is 6.56. The van der Waals surface area contributed by atoms with Crippen molar-refractivity contribution in [2.45, 2.75) is 38.7 Å². The van der Waals surface area contributed by atoms with Crippen LogP contribution in [0.5, 0.6) is 0 Å². The van der Waals surface area contributed by atoms with Crippen molar-refractivity contribution in [1.29, 1.82) is 0 Å². The van der Waals surface area contributed by atoms with E-state index in [-0.39, 0.29) is 17.8 Å². The molecule has 2 aromatic rings. The molecule has 0 radical (unpaired) electrons. The predicted octanol–water partition coefficient (Wildman–Crippen LogP) is 4.14. The highest BCUT2D eigenvalue weighted by molar-refractivity contribution is 5.79. The summed E-state index contributed by atoms with van der Waals surface area (Å²) in [5.41, 5.74) is 4.88. The maximum atomic E-state index is 12.2. The van der Waals surface area contributed by atoms with Crippen molar-refractivity contribution in [3.05, 3.63) is 59.7 Å². The van der Waals surface area contributed by atoms with Crippen molar-refractivity contribution < 1.29 is 14.6 Å². The van der Waals surface area contributed by atoms with Crippen molar-refractivity contribution in [2.75, 3.05) is 6.61 Å². The molecule has 126 valence electrons. The number of rotatable bonds is 6. The number of benzene rings is 2. The van der Waals surface area contributed by atoms with Gasteiger partial charge in [0, 0.05) is 5.92 Å². The smallest absolute Gasteiger partial charge is 0.308 e. The third kappa shape index (κ3) is 3.22. The molecule has 1 N–H and O–H groups in total. The number of carbonyl (C=O) groups excluding carboxylic acids is 1.